The third-order valence-corrected chi connectivity index (χ3v) is 3.95. The quantitative estimate of drug-likeness (QED) is 0.676. The summed E-state index contributed by atoms with van der Waals surface area (Å²) in [5.74, 6) is 1.15. The smallest absolute Gasteiger partial charge is 0.222 e. The topological polar surface area (TPSA) is 32.3 Å². The van der Waals surface area contributed by atoms with Crippen LogP contribution in [0.1, 0.15) is 58.3 Å². The van der Waals surface area contributed by atoms with E-state index in [0.717, 1.165) is 38.4 Å². The normalized spacial score (nSPS) is 17.1. The summed E-state index contributed by atoms with van der Waals surface area (Å²) in [7, 11) is 2.01. The van der Waals surface area contributed by atoms with Crippen LogP contribution in [0.4, 0.5) is 0 Å². The Balaban J connectivity index is 2.08. The van der Waals surface area contributed by atoms with Gasteiger partial charge in [0.05, 0.1) is 0 Å². The van der Waals surface area contributed by atoms with Crippen LogP contribution in [0.3, 0.4) is 0 Å². The fraction of sp³-hybridized carbons (Fsp3) is 0.933. The Hall–Kier alpha value is -0.570. The summed E-state index contributed by atoms with van der Waals surface area (Å²) >= 11 is 0. The third-order valence-electron chi connectivity index (χ3n) is 3.95. The molecule has 1 fully saturated rings. The Labute approximate surface area is 112 Å². The van der Waals surface area contributed by atoms with Gasteiger partial charge in [-0.1, -0.05) is 32.6 Å². The standard InChI is InChI=1S/C15H30N2O/c1-3-4-5-6-7-8-15(18)17-11-9-14(10-12-17)13-16-2/h14,16H,3-13H2,1-2H3. The van der Waals surface area contributed by atoms with Crippen molar-refractivity contribution >= 4 is 5.91 Å². The zero-order chi connectivity index (χ0) is 13.2. The van der Waals surface area contributed by atoms with Gasteiger partial charge in [-0.25, -0.2) is 0 Å². The first-order valence-electron chi connectivity index (χ1n) is 7.70. The van der Waals surface area contributed by atoms with Crippen LogP contribution in [0.25, 0.3) is 0 Å². The van der Waals surface area contributed by atoms with E-state index in [1.165, 1.54) is 38.5 Å². The van der Waals surface area contributed by atoms with Crippen molar-refractivity contribution in [2.75, 3.05) is 26.7 Å². The van der Waals surface area contributed by atoms with E-state index < -0.39 is 0 Å². The van der Waals surface area contributed by atoms with Crippen LogP contribution in [-0.4, -0.2) is 37.5 Å². The van der Waals surface area contributed by atoms with Crippen LogP contribution in [0.5, 0.6) is 0 Å². The number of hydrogen-bond acceptors (Lipinski definition) is 2. The number of carbonyl (C=O) groups is 1. The maximum absolute atomic E-state index is 12.0. The molecular weight excluding hydrogens is 224 g/mol. The lowest BCUT2D eigenvalue weighted by Crippen LogP contribution is -2.40. The molecule has 1 saturated heterocycles. The van der Waals surface area contributed by atoms with Crippen molar-refractivity contribution in [1.29, 1.82) is 0 Å². The van der Waals surface area contributed by atoms with Crippen molar-refractivity contribution in [2.45, 2.75) is 58.3 Å². The van der Waals surface area contributed by atoms with E-state index in [2.05, 4.69) is 17.1 Å². The fourth-order valence-electron chi connectivity index (χ4n) is 2.71. The maximum atomic E-state index is 12.0. The van der Waals surface area contributed by atoms with Crippen molar-refractivity contribution in [2.24, 2.45) is 5.92 Å². The number of likely N-dealkylation sites (tertiary alicyclic amines) is 1. The molecule has 0 aromatic rings. The van der Waals surface area contributed by atoms with Gasteiger partial charge in [-0.3, -0.25) is 4.79 Å². The molecule has 3 nitrogen and oxygen atoms in total. The average molecular weight is 254 g/mol. The van der Waals surface area contributed by atoms with E-state index in [4.69, 9.17) is 0 Å². The van der Waals surface area contributed by atoms with Crippen LogP contribution in [0.15, 0.2) is 0 Å². The molecule has 18 heavy (non-hydrogen) atoms. The van der Waals surface area contributed by atoms with Crippen molar-refractivity contribution in [3.8, 4) is 0 Å². The van der Waals surface area contributed by atoms with Crippen LogP contribution in [0, 0.1) is 5.92 Å². The molecule has 106 valence electrons. The maximum Gasteiger partial charge on any atom is 0.222 e. The zero-order valence-electron chi connectivity index (χ0n) is 12.2. The summed E-state index contributed by atoms with van der Waals surface area (Å²) in [5.41, 5.74) is 0. The summed E-state index contributed by atoms with van der Waals surface area (Å²) in [5, 5.41) is 3.23. The van der Waals surface area contributed by atoms with Crippen molar-refractivity contribution in [1.82, 2.24) is 10.2 Å². The fourth-order valence-corrected chi connectivity index (χ4v) is 2.71. The Morgan fingerprint density at radius 3 is 2.44 bits per heavy atom. The van der Waals surface area contributed by atoms with E-state index in [1.807, 2.05) is 7.05 Å². The lowest BCUT2D eigenvalue weighted by molar-refractivity contribution is -0.132. The highest BCUT2D eigenvalue weighted by atomic mass is 16.2. The van der Waals surface area contributed by atoms with Gasteiger partial charge in [-0.2, -0.15) is 0 Å². The van der Waals surface area contributed by atoms with Gasteiger partial charge in [0.2, 0.25) is 5.91 Å². The van der Waals surface area contributed by atoms with Gasteiger partial charge in [0.1, 0.15) is 0 Å². The van der Waals surface area contributed by atoms with Gasteiger partial charge < -0.3 is 10.2 Å². The van der Waals surface area contributed by atoms with Gasteiger partial charge in [-0.15, -0.1) is 0 Å². The number of nitrogens with zero attached hydrogens (tertiary/aromatic N) is 1. The zero-order valence-corrected chi connectivity index (χ0v) is 12.2. The number of nitrogens with one attached hydrogen (secondary N) is 1. The lowest BCUT2D eigenvalue weighted by Gasteiger charge is -2.32. The summed E-state index contributed by atoms with van der Waals surface area (Å²) in [6.45, 7) is 5.26. The van der Waals surface area contributed by atoms with E-state index in [1.54, 1.807) is 0 Å². The Morgan fingerprint density at radius 2 is 1.83 bits per heavy atom. The molecule has 0 aromatic heterocycles. The number of rotatable bonds is 8. The van der Waals surface area contributed by atoms with E-state index in [-0.39, 0.29) is 0 Å². The van der Waals surface area contributed by atoms with Gasteiger partial charge in [0.15, 0.2) is 0 Å². The molecule has 0 spiro atoms. The van der Waals surface area contributed by atoms with Gasteiger partial charge >= 0.3 is 0 Å². The molecule has 0 radical (unpaired) electrons. The predicted molar refractivity (Wildman–Crippen MR) is 76.6 cm³/mol. The molecule has 3 heteroatoms. The Morgan fingerprint density at radius 1 is 1.17 bits per heavy atom. The van der Waals surface area contributed by atoms with Gasteiger partial charge in [0.25, 0.3) is 0 Å². The van der Waals surface area contributed by atoms with Crippen LogP contribution in [0.2, 0.25) is 0 Å². The summed E-state index contributed by atoms with van der Waals surface area (Å²) in [6, 6.07) is 0. The number of carbonyl (C=O) groups excluding carboxylic acids is 1. The highest BCUT2D eigenvalue weighted by molar-refractivity contribution is 5.76. The van der Waals surface area contributed by atoms with E-state index >= 15 is 0 Å². The number of piperidine rings is 1. The molecule has 1 heterocycles. The van der Waals surface area contributed by atoms with Gasteiger partial charge in [-0.05, 0) is 38.8 Å². The minimum atomic E-state index is 0.384. The molecule has 1 amide bonds. The molecule has 0 aliphatic carbocycles. The average Bonchev–Trinajstić information content (AvgIpc) is 2.39. The first kappa shape index (κ1) is 15.5. The highest BCUT2D eigenvalue weighted by Gasteiger charge is 2.21. The molecule has 1 N–H and O–H groups in total. The minimum absolute atomic E-state index is 0.384. The highest BCUT2D eigenvalue weighted by Crippen LogP contribution is 2.17. The second kappa shape index (κ2) is 9.37. The van der Waals surface area contributed by atoms with Crippen molar-refractivity contribution in [3.05, 3.63) is 0 Å². The van der Waals surface area contributed by atoms with E-state index in [0.29, 0.717) is 5.91 Å². The largest absolute Gasteiger partial charge is 0.343 e. The summed E-state index contributed by atoms with van der Waals surface area (Å²) < 4.78 is 0. The first-order valence-corrected chi connectivity index (χ1v) is 7.70. The Kier molecular flexibility index (Phi) is 8.06. The lowest BCUT2D eigenvalue weighted by atomic mass is 9.96. The van der Waals surface area contributed by atoms with E-state index in [9.17, 15) is 4.79 Å². The van der Waals surface area contributed by atoms with Crippen LogP contribution < -0.4 is 5.32 Å². The summed E-state index contributed by atoms with van der Waals surface area (Å²) in [4.78, 5) is 14.1. The molecule has 1 aliphatic heterocycles. The summed E-state index contributed by atoms with van der Waals surface area (Å²) in [6.07, 6.45) is 9.26. The van der Waals surface area contributed by atoms with Crippen molar-refractivity contribution < 1.29 is 4.79 Å². The predicted octanol–water partition coefficient (Wildman–Crippen LogP) is 2.80. The molecule has 0 bridgehead atoms. The van der Waals surface area contributed by atoms with Crippen molar-refractivity contribution in [3.63, 3.8) is 0 Å². The first-order chi connectivity index (χ1) is 8.77. The minimum Gasteiger partial charge on any atom is -0.343 e. The van der Waals surface area contributed by atoms with Crippen LogP contribution >= 0.6 is 0 Å². The molecule has 1 aliphatic rings. The third kappa shape index (κ3) is 5.85. The molecule has 0 unspecified atom stereocenters. The Bertz CT molecular complexity index is 223. The molecule has 1 rings (SSSR count). The number of amides is 1. The number of unbranched alkanes of at least 4 members (excludes halogenated alkanes) is 4. The van der Waals surface area contributed by atoms with Crippen LogP contribution in [-0.2, 0) is 4.79 Å². The molecular formula is C15H30N2O. The number of hydrogen-bond donors (Lipinski definition) is 1. The molecule has 0 aromatic carbocycles. The SMILES string of the molecule is CCCCCCCC(=O)N1CCC(CNC)CC1. The molecule has 0 saturated carbocycles. The monoisotopic (exact) mass is 254 g/mol. The van der Waals surface area contributed by atoms with Gasteiger partial charge in [0, 0.05) is 19.5 Å². The molecule has 0 atom stereocenters. The second-order valence-corrected chi connectivity index (χ2v) is 5.55. The second-order valence-electron chi connectivity index (χ2n) is 5.55.